The highest BCUT2D eigenvalue weighted by molar-refractivity contribution is 5.95. The van der Waals surface area contributed by atoms with Gasteiger partial charge in [-0.25, -0.2) is 4.90 Å². The number of aromatic hydroxyl groups is 1. The highest BCUT2D eigenvalue weighted by Gasteiger charge is 2.60. The average Bonchev–Trinajstić information content (AvgIpc) is 3.14. The average molecular weight is 430 g/mol. The van der Waals surface area contributed by atoms with E-state index in [-0.39, 0.29) is 17.6 Å². The molecule has 32 heavy (non-hydrogen) atoms. The number of ether oxygens (including phenoxy) is 1. The van der Waals surface area contributed by atoms with E-state index < -0.39 is 23.8 Å². The zero-order chi connectivity index (χ0) is 22.1. The van der Waals surface area contributed by atoms with Crippen LogP contribution in [0, 0.1) is 0 Å². The van der Waals surface area contributed by atoms with Gasteiger partial charge in [-0.1, -0.05) is 66.7 Å². The number of hydrogen-bond donors (Lipinski definition) is 3. The SMILES string of the molecule is O=C(Nc1cccc(O)n1)C1CNCC2C(=O)OC(c3ccccc3)(c3ccccc3)N12. The van der Waals surface area contributed by atoms with E-state index in [1.807, 2.05) is 65.6 Å². The lowest BCUT2D eigenvalue weighted by Crippen LogP contribution is -2.65. The molecule has 0 spiro atoms. The number of fused-ring (bicyclic) bond motifs is 1. The third-order valence-electron chi connectivity index (χ3n) is 5.85. The monoisotopic (exact) mass is 430 g/mol. The maximum atomic E-state index is 13.4. The molecule has 162 valence electrons. The van der Waals surface area contributed by atoms with Crippen molar-refractivity contribution in [1.82, 2.24) is 15.2 Å². The topological polar surface area (TPSA) is 104 Å². The number of pyridine rings is 1. The molecule has 3 N–H and O–H groups in total. The van der Waals surface area contributed by atoms with Crippen molar-refractivity contribution in [2.75, 3.05) is 18.4 Å². The molecular weight excluding hydrogens is 408 g/mol. The molecule has 2 aliphatic rings. The Hall–Kier alpha value is -3.75. The van der Waals surface area contributed by atoms with Gasteiger partial charge in [-0.3, -0.25) is 9.59 Å². The lowest BCUT2D eigenvalue weighted by molar-refractivity contribution is -0.152. The second-order valence-corrected chi connectivity index (χ2v) is 7.76. The zero-order valence-corrected chi connectivity index (χ0v) is 17.1. The molecule has 8 nitrogen and oxygen atoms in total. The van der Waals surface area contributed by atoms with Gasteiger partial charge in [-0.15, -0.1) is 0 Å². The van der Waals surface area contributed by atoms with Crippen molar-refractivity contribution in [2.24, 2.45) is 0 Å². The maximum Gasteiger partial charge on any atom is 0.327 e. The number of anilines is 1. The van der Waals surface area contributed by atoms with Crippen molar-refractivity contribution in [3.8, 4) is 5.88 Å². The van der Waals surface area contributed by atoms with Crippen molar-refractivity contribution < 1.29 is 19.4 Å². The minimum absolute atomic E-state index is 0.190. The third kappa shape index (κ3) is 3.30. The lowest BCUT2D eigenvalue weighted by Gasteiger charge is -2.44. The van der Waals surface area contributed by atoms with E-state index in [1.165, 1.54) is 6.07 Å². The van der Waals surface area contributed by atoms with Gasteiger partial charge < -0.3 is 20.5 Å². The number of benzene rings is 2. The van der Waals surface area contributed by atoms with Crippen molar-refractivity contribution in [3.63, 3.8) is 0 Å². The summed E-state index contributed by atoms with van der Waals surface area (Å²) in [4.78, 5) is 32.3. The standard InChI is InChI=1S/C24H22N4O4/c29-21-13-7-12-20(26-21)27-22(30)18-14-25-15-19-23(31)32-24(28(18)19,16-8-3-1-4-9-16)17-10-5-2-6-11-17/h1-13,18-19,25H,14-15H2,(H2,26,27,29,30). The summed E-state index contributed by atoms with van der Waals surface area (Å²) >= 11 is 0. The molecule has 0 saturated carbocycles. The van der Waals surface area contributed by atoms with Crippen LogP contribution in [0.15, 0.2) is 78.9 Å². The molecule has 0 radical (unpaired) electrons. The van der Waals surface area contributed by atoms with Crippen LogP contribution >= 0.6 is 0 Å². The Kier molecular flexibility index (Phi) is 5.08. The molecule has 2 aromatic carbocycles. The Morgan fingerprint density at radius 2 is 1.66 bits per heavy atom. The number of hydrogen-bond acceptors (Lipinski definition) is 7. The van der Waals surface area contributed by atoms with E-state index in [9.17, 15) is 14.7 Å². The van der Waals surface area contributed by atoms with Crippen LogP contribution in [-0.4, -0.2) is 52.0 Å². The Balaban J connectivity index is 1.61. The van der Waals surface area contributed by atoms with Gasteiger partial charge in [0.1, 0.15) is 17.9 Å². The summed E-state index contributed by atoms with van der Waals surface area (Å²) in [5, 5.41) is 15.6. The highest BCUT2D eigenvalue weighted by Crippen LogP contribution is 2.45. The first kappa shape index (κ1) is 20.2. The summed E-state index contributed by atoms with van der Waals surface area (Å²) in [7, 11) is 0. The Labute approximate surface area is 184 Å². The quantitative estimate of drug-likeness (QED) is 0.543. The molecule has 2 unspecified atom stereocenters. The molecule has 2 fully saturated rings. The first-order valence-electron chi connectivity index (χ1n) is 10.4. The third-order valence-corrected chi connectivity index (χ3v) is 5.85. The number of nitrogens with zero attached hydrogens (tertiary/aromatic N) is 2. The number of carbonyl (C=O) groups excluding carboxylic acids is 2. The van der Waals surface area contributed by atoms with Gasteiger partial charge >= 0.3 is 5.97 Å². The second kappa shape index (κ2) is 8.07. The van der Waals surface area contributed by atoms with Crippen molar-refractivity contribution in [2.45, 2.75) is 17.8 Å². The molecule has 2 saturated heterocycles. The van der Waals surface area contributed by atoms with Gasteiger partial charge in [0, 0.05) is 30.3 Å². The van der Waals surface area contributed by atoms with Crippen LogP contribution in [-0.2, 0) is 20.1 Å². The van der Waals surface area contributed by atoms with E-state index in [0.717, 1.165) is 11.1 Å². The minimum Gasteiger partial charge on any atom is -0.493 e. The first-order chi connectivity index (χ1) is 15.6. The molecule has 1 aromatic heterocycles. The number of rotatable bonds is 4. The van der Waals surface area contributed by atoms with Gasteiger partial charge in [0.15, 0.2) is 0 Å². The van der Waals surface area contributed by atoms with E-state index in [2.05, 4.69) is 15.6 Å². The van der Waals surface area contributed by atoms with Crippen LogP contribution in [0.4, 0.5) is 5.82 Å². The summed E-state index contributed by atoms with van der Waals surface area (Å²) in [5.41, 5.74) is 0.273. The fourth-order valence-electron chi connectivity index (χ4n) is 4.51. The van der Waals surface area contributed by atoms with Gasteiger partial charge in [0.25, 0.3) is 0 Å². The summed E-state index contributed by atoms with van der Waals surface area (Å²) < 4.78 is 6.13. The number of piperazine rings is 1. The summed E-state index contributed by atoms with van der Waals surface area (Å²) in [5.74, 6) is -0.702. The van der Waals surface area contributed by atoms with Gasteiger partial charge in [0.2, 0.25) is 17.5 Å². The van der Waals surface area contributed by atoms with Crippen LogP contribution < -0.4 is 10.6 Å². The van der Waals surface area contributed by atoms with Crippen molar-refractivity contribution in [1.29, 1.82) is 0 Å². The maximum absolute atomic E-state index is 13.4. The fraction of sp³-hybridized carbons (Fsp3) is 0.208. The number of amides is 1. The summed E-state index contributed by atoms with van der Waals surface area (Å²) in [6.07, 6.45) is 0. The molecular formula is C24H22N4O4. The van der Waals surface area contributed by atoms with Crippen molar-refractivity contribution in [3.05, 3.63) is 90.0 Å². The molecule has 1 amide bonds. The van der Waals surface area contributed by atoms with Crippen LogP contribution in [0.1, 0.15) is 11.1 Å². The molecule has 2 aliphatic heterocycles. The van der Waals surface area contributed by atoms with Gasteiger partial charge in [0.05, 0.1) is 0 Å². The van der Waals surface area contributed by atoms with E-state index in [1.54, 1.807) is 12.1 Å². The molecule has 0 aliphatic carbocycles. The fourth-order valence-corrected chi connectivity index (χ4v) is 4.51. The zero-order valence-electron chi connectivity index (χ0n) is 17.1. The van der Waals surface area contributed by atoms with E-state index >= 15 is 0 Å². The predicted octanol–water partition coefficient (Wildman–Crippen LogP) is 1.83. The number of nitrogens with one attached hydrogen (secondary N) is 2. The van der Waals surface area contributed by atoms with Crippen LogP contribution in [0.2, 0.25) is 0 Å². The smallest absolute Gasteiger partial charge is 0.327 e. The Morgan fingerprint density at radius 3 is 2.28 bits per heavy atom. The number of esters is 1. The highest BCUT2D eigenvalue weighted by atomic mass is 16.6. The van der Waals surface area contributed by atoms with E-state index in [0.29, 0.717) is 13.1 Å². The van der Waals surface area contributed by atoms with Crippen LogP contribution in [0.25, 0.3) is 0 Å². The Bertz CT molecular complexity index is 1100. The molecule has 0 bridgehead atoms. The Morgan fingerprint density at radius 1 is 1.00 bits per heavy atom. The lowest BCUT2D eigenvalue weighted by atomic mass is 9.90. The van der Waals surface area contributed by atoms with Crippen LogP contribution in [0.5, 0.6) is 5.88 Å². The van der Waals surface area contributed by atoms with Gasteiger partial charge in [-0.05, 0) is 6.07 Å². The second-order valence-electron chi connectivity index (χ2n) is 7.76. The largest absolute Gasteiger partial charge is 0.493 e. The van der Waals surface area contributed by atoms with Crippen LogP contribution in [0.3, 0.4) is 0 Å². The molecule has 5 rings (SSSR count). The normalized spacial score (nSPS) is 22.1. The molecule has 2 atom stereocenters. The molecule has 3 aromatic rings. The number of cyclic esters (lactones) is 1. The number of carbonyl (C=O) groups is 2. The molecule has 3 heterocycles. The van der Waals surface area contributed by atoms with Gasteiger partial charge in [-0.2, -0.15) is 4.98 Å². The molecule has 8 heteroatoms. The van der Waals surface area contributed by atoms with Crippen molar-refractivity contribution >= 4 is 17.7 Å². The number of aromatic nitrogens is 1. The first-order valence-corrected chi connectivity index (χ1v) is 10.4. The summed E-state index contributed by atoms with van der Waals surface area (Å²) in [6.45, 7) is 0.688. The summed E-state index contributed by atoms with van der Waals surface area (Å²) in [6, 6.07) is 22.2. The predicted molar refractivity (Wildman–Crippen MR) is 117 cm³/mol. The minimum atomic E-state index is -1.25. The van der Waals surface area contributed by atoms with E-state index in [4.69, 9.17) is 4.74 Å².